The topological polar surface area (TPSA) is 69.8 Å². The molecule has 1 aromatic rings. The molecule has 1 amide bonds. The van der Waals surface area contributed by atoms with Gasteiger partial charge in [-0.3, -0.25) is 9.89 Å². The van der Waals surface area contributed by atoms with Gasteiger partial charge in [-0.2, -0.15) is 5.10 Å². The van der Waals surface area contributed by atoms with E-state index in [0.717, 1.165) is 19.5 Å². The maximum Gasteiger partial charge on any atom is 0.225 e. The van der Waals surface area contributed by atoms with Gasteiger partial charge in [0.1, 0.15) is 5.82 Å². The highest BCUT2D eigenvalue weighted by atomic mass is 16.1. The molecular weight excluding hydrogens is 204 g/mol. The van der Waals surface area contributed by atoms with Crippen molar-refractivity contribution in [3.8, 4) is 0 Å². The van der Waals surface area contributed by atoms with E-state index in [1.54, 1.807) is 12.3 Å². The Labute approximate surface area is 95.0 Å². The molecule has 0 aromatic carbocycles. The summed E-state index contributed by atoms with van der Waals surface area (Å²) in [6.45, 7) is 2.18. The average Bonchev–Trinajstić information content (AvgIpc) is 2.81. The number of carbonyl (C=O) groups is 1. The fourth-order valence-electron chi connectivity index (χ4n) is 2.04. The van der Waals surface area contributed by atoms with Crippen LogP contribution < -0.4 is 10.6 Å². The van der Waals surface area contributed by atoms with Crippen molar-refractivity contribution in [3.05, 3.63) is 12.3 Å². The summed E-state index contributed by atoms with van der Waals surface area (Å²) >= 11 is 0. The van der Waals surface area contributed by atoms with Gasteiger partial charge < -0.3 is 10.6 Å². The lowest BCUT2D eigenvalue weighted by Crippen LogP contribution is -2.28. The van der Waals surface area contributed by atoms with E-state index in [1.165, 1.54) is 12.8 Å². The molecule has 0 atom stereocenters. The lowest BCUT2D eigenvalue weighted by Gasteiger charge is -2.21. The minimum Gasteiger partial charge on any atom is -0.317 e. The van der Waals surface area contributed by atoms with E-state index < -0.39 is 0 Å². The summed E-state index contributed by atoms with van der Waals surface area (Å²) < 4.78 is 0. The zero-order chi connectivity index (χ0) is 11.2. The number of hydrogen-bond donors (Lipinski definition) is 3. The van der Waals surface area contributed by atoms with Crippen LogP contribution in [0.1, 0.15) is 25.7 Å². The van der Waals surface area contributed by atoms with Crippen LogP contribution >= 0.6 is 0 Å². The number of aromatic nitrogens is 2. The maximum atomic E-state index is 11.6. The summed E-state index contributed by atoms with van der Waals surface area (Å²) in [6, 6.07) is 1.75. The largest absolute Gasteiger partial charge is 0.317 e. The van der Waals surface area contributed by atoms with Crippen LogP contribution in [0.3, 0.4) is 0 Å². The van der Waals surface area contributed by atoms with Crippen LogP contribution in [0.25, 0.3) is 0 Å². The van der Waals surface area contributed by atoms with Gasteiger partial charge >= 0.3 is 0 Å². The normalized spacial score (nSPS) is 17.2. The number of carbonyl (C=O) groups excluding carboxylic acids is 1. The molecule has 16 heavy (non-hydrogen) atoms. The molecule has 0 saturated carbocycles. The number of hydrogen-bond acceptors (Lipinski definition) is 3. The molecule has 0 unspecified atom stereocenters. The van der Waals surface area contributed by atoms with Gasteiger partial charge in [0.25, 0.3) is 0 Å². The Morgan fingerprint density at radius 1 is 1.50 bits per heavy atom. The molecule has 1 aromatic heterocycles. The van der Waals surface area contributed by atoms with Gasteiger partial charge in [0.2, 0.25) is 5.91 Å². The van der Waals surface area contributed by atoms with Crippen LogP contribution in [-0.2, 0) is 4.79 Å². The summed E-state index contributed by atoms with van der Waals surface area (Å²) in [6.07, 6.45) is 5.60. The van der Waals surface area contributed by atoms with Crippen molar-refractivity contribution in [2.45, 2.75) is 25.7 Å². The maximum absolute atomic E-state index is 11.6. The number of rotatable bonds is 4. The summed E-state index contributed by atoms with van der Waals surface area (Å²) in [7, 11) is 0. The van der Waals surface area contributed by atoms with Gasteiger partial charge in [-0.05, 0) is 38.3 Å². The van der Waals surface area contributed by atoms with Gasteiger partial charge in [-0.15, -0.1) is 0 Å². The third-order valence-electron chi connectivity index (χ3n) is 3.01. The molecule has 2 rings (SSSR count). The zero-order valence-electron chi connectivity index (χ0n) is 9.33. The van der Waals surface area contributed by atoms with Crippen molar-refractivity contribution in [3.63, 3.8) is 0 Å². The van der Waals surface area contributed by atoms with E-state index in [0.29, 0.717) is 18.2 Å². The molecule has 1 aliphatic rings. The molecule has 0 aliphatic carbocycles. The first-order chi connectivity index (χ1) is 7.84. The van der Waals surface area contributed by atoms with Crippen molar-refractivity contribution in [2.24, 2.45) is 5.92 Å². The number of nitrogens with one attached hydrogen (secondary N) is 3. The molecule has 1 saturated heterocycles. The Bertz CT molecular complexity index is 317. The number of piperidine rings is 1. The second-order valence-electron chi connectivity index (χ2n) is 4.25. The molecule has 88 valence electrons. The molecule has 1 fully saturated rings. The predicted octanol–water partition coefficient (Wildman–Crippen LogP) is 1.13. The Hall–Kier alpha value is -1.36. The molecule has 1 aliphatic heterocycles. The van der Waals surface area contributed by atoms with Gasteiger partial charge in [0, 0.05) is 12.5 Å². The summed E-state index contributed by atoms with van der Waals surface area (Å²) in [4.78, 5) is 11.6. The monoisotopic (exact) mass is 222 g/mol. The first-order valence-corrected chi connectivity index (χ1v) is 5.84. The van der Waals surface area contributed by atoms with Crippen molar-refractivity contribution in [1.29, 1.82) is 0 Å². The number of anilines is 1. The van der Waals surface area contributed by atoms with Gasteiger partial charge in [-0.1, -0.05) is 0 Å². The van der Waals surface area contributed by atoms with Gasteiger partial charge in [-0.25, -0.2) is 0 Å². The van der Waals surface area contributed by atoms with E-state index >= 15 is 0 Å². The predicted molar refractivity (Wildman–Crippen MR) is 62.0 cm³/mol. The standard InChI is InChI=1S/C11H18N4O/c16-11(14-10-5-8-13-15-10)2-1-9-3-6-12-7-4-9/h5,8-9,12H,1-4,6-7H2,(H2,13,14,15,16). The first-order valence-electron chi connectivity index (χ1n) is 5.84. The zero-order valence-corrected chi connectivity index (χ0v) is 9.33. The van der Waals surface area contributed by atoms with Crippen molar-refractivity contribution in [1.82, 2.24) is 15.5 Å². The van der Waals surface area contributed by atoms with E-state index in [-0.39, 0.29) is 5.91 Å². The molecule has 5 heteroatoms. The third-order valence-corrected chi connectivity index (χ3v) is 3.01. The third kappa shape index (κ3) is 3.34. The highest BCUT2D eigenvalue weighted by Crippen LogP contribution is 2.17. The number of amides is 1. The first kappa shape index (κ1) is 11.1. The Morgan fingerprint density at radius 3 is 3.00 bits per heavy atom. The SMILES string of the molecule is O=C(CCC1CCNCC1)Nc1ccn[nH]1. The van der Waals surface area contributed by atoms with Crippen molar-refractivity contribution >= 4 is 11.7 Å². The lowest BCUT2D eigenvalue weighted by atomic mass is 9.93. The number of H-pyrrole nitrogens is 1. The van der Waals surface area contributed by atoms with Gasteiger partial charge in [0.15, 0.2) is 0 Å². The molecule has 0 spiro atoms. The van der Waals surface area contributed by atoms with Crippen LogP contribution in [0, 0.1) is 5.92 Å². The minimum atomic E-state index is 0.0720. The van der Waals surface area contributed by atoms with E-state index in [1.807, 2.05) is 0 Å². The Kier molecular flexibility index (Phi) is 3.93. The fourth-order valence-corrected chi connectivity index (χ4v) is 2.04. The van der Waals surface area contributed by atoms with Gasteiger partial charge in [0.05, 0.1) is 6.20 Å². The molecule has 0 radical (unpaired) electrons. The van der Waals surface area contributed by atoms with Crippen molar-refractivity contribution < 1.29 is 4.79 Å². The second kappa shape index (κ2) is 5.65. The van der Waals surface area contributed by atoms with Crippen LogP contribution in [0.15, 0.2) is 12.3 Å². The van der Waals surface area contributed by atoms with Crippen LogP contribution in [0.2, 0.25) is 0 Å². The molecule has 5 nitrogen and oxygen atoms in total. The molecule has 3 N–H and O–H groups in total. The number of nitrogens with zero attached hydrogens (tertiary/aromatic N) is 1. The minimum absolute atomic E-state index is 0.0720. The molecule has 2 heterocycles. The Morgan fingerprint density at radius 2 is 2.31 bits per heavy atom. The summed E-state index contributed by atoms with van der Waals surface area (Å²) in [5.74, 6) is 1.45. The quantitative estimate of drug-likeness (QED) is 0.715. The number of aromatic amines is 1. The molecular formula is C11H18N4O. The molecule has 0 bridgehead atoms. The highest BCUT2D eigenvalue weighted by molar-refractivity contribution is 5.89. The van der Waals surface area contributed by atoms with E-state index in [9.17, 15) is 4.79 Å². The van der Waals surface area contributed by atoms with Crippen LogP contribution in [0.4, 0.5) is 5.82 Å². The van der Waals surface area contributed by atoms with E-state index in [4.69, 9.17) is 0 Å². The Balaban J connectivity index is 1.67. The van der Waals surface area contributed by atoms with Crippen molar-refractivity contribution in [2.75, 3.05) is 18.4 Å². The summed E-state index contributed by atoms with van der Waals surface area (Å²) in [5.41, 5.74) is 0. The smallest absolute Gasteiger partial charge is 0.225 e. The lowest BCUT2D eigenvalue weighted by molar-refractivity contribution is -0.116. The van der Waals surface area contributed by atoms with E-state index in [2.05, 4.69) is 20.8 Å². The van der Waals surface area contributed by atoms with Crippen LogP contribution in [0.5, 0.6) is 0 Å². The highest BCUT2D eigenvalue weighted by Gasteiger charge is 2.14. The summed E-state index contributed by atoms with van der Waals surface area (Å²) in [5, 5.41) is 12.6. The fraction of sp³-hybridized carbons (Fsp3) is 0.636. The average molecular weight is 222 g/mol. The second-order valence-corrected chi connectivity index (χ2v) is 4.25. The van der Waals surface area contributed by atoms with Crippen LogP contribution in [-0.4, -0.2) is 29.2 Å².